The first-order chi connectivity index (χ1) is 10.8. The Morgan fingerprint density at radius 3 is 2.64 bits per heavy atom. The summed E-state index contributed by atoms with van der Waals surface area (Å²) in [4.78, 5) is 11.5. The highest BCUT2D eigenvalue weighted by Crippen LogP contribution is 2.08. The molecule has 0 spiro atoms. The number of amides is 1. The first-order valence-electron chi connectivity index (χ1n) is 6.90. The van der Waals surface area contributed by atoms with Gasteiger partial charge in [-0.15, -0.1) is 0 Å². The third-order valence-corrected chi connectivity index (χ3v) is 2.96. The Kier molecular flexibility index (Phi) is 5.77. The smallest absolute Gasteiger partial charge is 0.407 e. The molecule has 0 aliphatic carbocycles. The van der Waals surface area contributed by atoms with E-state index in [-0.39, 0.29) is 6.61 Å². The molecule has 2 rings (SSSR count). The molecule has 0 bridgehead atoms. The lowest BCUT2D eigenvalue weighted by Gasteiger charge is -2.05. The molecule has 1 N–H and O–H groups in total. The van der Waals surface area contributed by atoms with Crippen molar-refractivity contribution in [3.8, 4) is 6.07 Å². The van der Waals surface area contributed by atoms with Gasteiger partial charge in [0, 0.05) is 6.54 Å². The number of rotatable bonds is 5. The second-order valence-corrected chi connectivity index (χ2v) is 4.54. The van der Waals surface area contributed by atoms with E-state index in [1.54, 1.807) is 18.2 Å². The summed E-state index contributed by atoms with van der Waals surface area (Å²) in [5.74, 6) is 0. The molecule has 2 aromatic rings. The molecule has 0 atom stereocenters. The van der Waals surface area contributed by atoms with Crippen LogP contribution in [-0.4, -0.2) is 12.6 Å². The third kappa shape index (κ3) is 4.80. The summed E-state index contributed by atoms with van der Waals surface area (Å²) in [5.41, 5.74) is 2.37. The van der Waals surface area contributed by atoms with E-state index in [0.717, 1.165) is 11.1 Å². The van der Waals surface area contributed by atoms with Gasteiger partial charge in [0.15, 0.2) is 0 Å². The van der Waals surface area contributed by atoms with E-state index in [4.69, 9.17) is 10.00 Å². The number of nitriles is 1. The van der Waals surface area contributed by atoms with Gasteiger partial charge in [-0.25, -0.2) is 4.79 Å². The lowest BCUT2D eigenvalue weighted by Crippen LogP contribution is -2.24. The zero-order chi connectivity index (χ0) is 15.6. The summed E-state index contributed by atoms with van der Waals surface area (Å²) in [6, 6.07) is 18.9. The fourth-order valence-electron chi connectivity index (χ4n) is 1.85. The first-order valence-corrected chi connectivity index (χ1v) is 6.90. The van der Waals surface area contributed by atoms with Crippen molar-refractivity contribution in [3.05, 3.63) is 77.4 Å². The zero-order valence-corrected chi connectivity index (χ0v) is 12.0. The number of nitrogens with one attached hydrogen (secondary N) is 1. The third-order valence-electron chi connectivity index (χ3n) is 2.96. The Morgan fingerprint density at radius 1 is 1.14 bits per heavy atom. The maximum absolute atomic E-state index is 11.5. The van der Waals surface area contributed by atoms with Crippen LogP contribution in [-0.2, 0) is 11.3 Å². The minimum absolute atomic E-state index is 0.244. The molecule has 4 heteroatoms. The van der Waals surface area contributed by atoms with Crippen LogP contribution in [0.5, 0.6) is 0 Å². The van der Waals surface area contributed by atoms with E-state index in [9.17, 15) is 4.79 Å². The van der Waals surface area contributed by atoms with Gasteiger partial charge >= 0.3 is 6.09 Å². The molecule has 110 valence electrons. The molecule has 0 aromatic heterocycles. The summed E-state index contributed by atoms with van der Waals surface area (Å²) in [7, 11) is 0. The van der Waals surface area contributed by atoms with Crippen LogP contribution in [0, 0.1) is 11.3 Å². The topological polar surface area (TPSA) is 62.1 Å². The van der Waals surface area contributed by atoms with Crippen LogP contribution in [0.25, 0.3) is 6.08 Å². The van der Waals surface area contributed by atoms with Gasteiger partial charge in [0.2, 0.25) is 0 Å². The number of carbonyl (C=O) groups is 1. The highest BCUT2D eigenvalue weighted by molar-refractivity contribution is 5.67. The predicted octanol–water partition coefficient (Wildman–Crippen LogP) is 3.50. The van der Waals surface area contributed by atoms with Crippen LogP contribution in [0.1, 0.15) is 16.7 Å². The van der Waals surface area contributed by atoms with Gasteiger partial charge in [0.1, 0.15) is 6.61 Å². The standard InChI is InChI=1S/C18H16N2O2/c19-13-17-10-5-4-9-16(17)11-6-12-20-18(21)22-14-15-7-2-1-3-8-15/h1-11H,12,14H2,(H,20,21). The lowest BCUT2D eigenvalue weighted by atomic mass is 10.1. The molecule has 0 aliphatic rings. The number of nitrogens with zero attached hydrogens (tertiary/aromatic N) is 1. The average Bonchev–Trinajstić information content (AvgIpc) is 2.58. The van der Waals surface area contributed by atoms with Gasteiger partial charge in [-0.1, -0.05) is 60.7 Å². The van der Waals surface area contributed by atoms with Crippen molar-refractivity contribution in [2.75, 3.05) is 6.54 Å². The number of alkyl carbamates (subject to hydrolysis) is 1. The van der Waals surface area contributed by atoms with Gasteiger partial charge < -0.3 is 10.1 Å². The van der Waals surface area contributed by atoms with Crippen LogP contribution in [0.3, 0.4) is 0 Å². The molecule has 2 aromatic carbocycles. The Hall–Kier alpha value is -3.06. The molecular formula is C18H16N2O2. The van der Waals surface area contributed by atoms with Gasteiger partial charge in [-0.3, -0.25) is 0 Å². The van der Waals surface area contributed by atoms with Gasteiger partial charge in [-0.2, -0.15) is 5.26 Å². The number of carbonyl (C=O) groups excluding carboxylic acids is 1. The summed E-state index contributed by atoms with van der Waals surface area (Å²) < 4.78 is 5.09. The molecule has 0 saturated heterocycles. The van der Waals surface area contributed by atoms with Crippen LogP contribution in [0.15, 0.2) is 60.7 Å². The SMILES string of the molecule is N#Cc1ccccc1C=CCNC(=O)OCc1ccccc1. The molecule has 1 amide bonds. The number of hydrogen-bond donors (Lipinski definition) is 1. The maximum Gasteiger partial charge on any atom is 0.407 e. The summed E-state index contributed by atoms with van der Waals surface area (Å²) in [6.07, 6.45) is 3.11. The van der Waals surface area contributed by atoms with Gasteiger partial charge in [-0.05, 0) is 17.2 Å². The highest BCUT2D eigenvalue weighted by Gasteiger charge is 2.00. The number of benzene rings is 2. The van der Waals surface area contributed by atoms with Crippen molar-refractivity contribution in [3.63, 3.8) is 0 Å². The van der Waals surface area contributed by atoms with E-state index in [1.807, 2.05) is 48.5 Å². The van der Waals surface area contributed by atoms with Crippen molar-refractivity contribution >= 4 is 12.2 Å². The van der Waals surface area contributed by atoms with Crippen LogP contribution in [0.2, 0.25) is 0 Å². The number of hydrogen-bond acceptors (Lipinski definition) is 3. The second-order valence-electron chi connectivity index (χ2n) is 4.54. The molecule has 0 radical (unpaired) electrons. The summed E-state index contributed by atoms with van der Waals surface area (Å²) in [6.45, 7) is 0.584. The van der Waals surface area contributed by atoms with Crippen molar-refractivity contribution in [1.29, 1.82) is 5.26 Å². The summed E-state index contributed by atoms with van der Waals surface area (Å²) >= 11 is 0. The average molecular weight is 292 g/mol. The predicted molar refractivity (Wildman–Crippen MR) is 84.8 cm³/mol. The van der Waals surface area contributed by atoms with Crippen LogP contribution in [0.4, 0.5) is 4.79 Å². The van der Waals surface area contributed by atoms with Crippen molar-refractivity contribution in [1.82, 2.24) is 5.32 Å². The molecule has 22 heavy (non-hydrogen) atoms. The molecule has 4 nitrogen and oxygen atoms in total. The molecule has 0 unspecified atom stereocenters. The second kappa shape index (κ2) is 8.28. The quantitative estimate of drug-likeness (QED) is 0.917. The van der Waals surface area contributed by atoms with Crippen molar-refractivity contribution < 1.29 is 9.53 Å². The van der Waals surface area contributed by atoms with E-state index >= 15 is 0 Å². The molecule has 0 aliphatic heterocycles. The van der Waals surface area contributed by atoms with Gasteiger partial charge in [0.25, 0.3) is 0 Å². The maximum atomic E-state index is 11.5. The van der Waals surface area contributed by atoms with Crippen molar-refractivity contribution in [2.24, 2.45) is 0 Å². The zero-order valence-electron chi connectivity index (χ0n) is 12.0. The van der Waals surface area contributed by atoms with Crippen LogP contribution < -0.4 is 5.32 Å². The summed E-state index contributed by atoms with van der Waals surface area (Å²) in [5, 5.41) is 11.6. The van der Waals surface area contributed by atoms with Crippen molar-refractivity contribution in [2.45, 2.75) is 6.61 Å². The van der Waals surface area contributed by atoms with E-state index < -0.39 is 6.09 Å². The first kappa shape index (κ1) is 15.3. The normalized spacial score (nSPS) is 10.1. The Balaban J connectivity index is 1.75. The molecule has 0 fully saturated rings. The minimum Gasteiger partial charge on any atom is -0.445 e. The van der Waals surface area contributed by atoms with Gasteiger partial charge in [0.05, 0.1) is 11.6 Å². The largest absolute Gasteiger partial charge is 0.445 e. The Bertz CT molecular complexity index is 688. The fraction of sp³-hybridized carbons (Fsp3) is 0.111. The van der Waals surface area contributed by atoms with E-state index in [1.165, 1.54) is 0 Å². The Morgan fingerprint density at radius 2 is 1.86 bits per heavy atom. The molecular weight excluding hydrogens is 276 g/mol. The highest BCUT2D eigenvalue weighted by atomic mass is 16.5. The molecule has 0 saturated carbocycles. The minimum atomic E-state index is -0.470. The number of ether oxygens (including phenoxy) is 1. The van der Waals surface area contributed by atoms with Crippen LogP contribution >= 0.6 is 0 Å². The molecule has 0 heterocycles. The Labute approximate surface area is 129 Å². The van der Waals surface area contributed by atoms with E-state index in [2.05, 4.69) is 11.4 Å². The fourth-order valence-corrected chi connectivity index (χ4v) is 1.85. The monoisotopic (exact) mass is 292 g/mol. The lowest BCUT2D eigenvalue weighted by molar-refractivity contribution is 0.141. The van der Waals surface area contributed by atoms with E-state index in [0.29, 0.717) is 12.1 Å².